The number of carboxylic acid groups (broad SMARTS) is 1. The van der Waals surface area contributed by atoms with Crippen molar-refractivity contribution < 1.29 is 14.7 Å². The summed E-state index contributed by atoms with van der Waals surface area (Å²) in [7, 11) is 0. The number of rotatable bonds is 5. The van der Waals surface area contributed by atoms with Crippen LogP contribution in [0.25, 0.3) is 0 Å². The first-order valence-corrected chi connectivity index (χ1v) is 7.97. The Morgan fingerprint density at radius 1 is 1.38 bits per heavy atom. The van der Waals surface area contributed by atoms with Crippen LogP contribution in [0.5, 0.6) is 0 Å². The van der Waals surface area contributed by atoms with E-state index >= 15 is 0 Å². The van der Waals surface area contributed by atoms with Gasteiger partial charge in [0, 0.05) is 26.2 Å². The lowest BCUT2D eigenvalue weighted by molar-refractivity contribution is -0.151. The zero-order valence-electron chi connectivity index (χ0n) is 14.1. The summed E-state index contributed by atoms with van der Waals surface area (Å²) in [4.78, 5) is 27.7. The molecule has 0 spiro atoms. The summed E-state index contributed by atoms with van der Waals surface area (Å²) in [5.41, 5.74) is -0.784. The number of hydrogen-bond acceptors (Lipinski definition) is 2. The van der Waals surface area contributed by atoms with E-state index in [-0.39, 0.29) is 11.9 Å². The Hall–Kier alpha value is -1.26. The minimum Gasteiger partial charge on any atom is -0.481 e. The van der Waals surface area contributed by atoms with Gasteiger partial charge in [0.15, 0.2) is 0 Å². The maximum absolute atomic E-state index is 12.6. The van der Waals surface area contributed by atoms with E-state index in [2.05, 4.69) is 13.8 Å². The molecule has 0 aliphatic carbocycles. The number of carbonyl (C=O) groups excluding carboxylic acids is 1. The monoisotopic (exact) mass is 298 g/mol. The summed E-state index contributed by atoms with van der Waals surface area (Å²) in [6.07, 6.45) is 1.76. The Balaban J connectivity index is 2.75. The first-order chi connectivity index (χ1) is 9.70. The Labute approximate surface area is 128 Å². The van der Waals surface area contributed by atoms with Crippen molar-refractivity contribution in [3.05, 3.63) is 0 Å². The Kier molecular flexibility index (Phi) is 6.05. The van der Waals surface area contributed by atoms with Crippen molar-refractivity contribution in [2.24, 2.45) is 17.3 Å². The highest BCUT2D eigenvalue weighted by molar-refractivity contribution is 5.76. The van der Waals surface area contributed by atoms with E-state index in [1.165, 1.54) is 0 Å². The number of amides is 2. The van der Waals surface area contributed by atoms with Gasteiger partial charge >= 0.3 is 12.0 Å². The van der Waals surface area contributed by atoms with Crippen molar-refractivity contribution >= 4 is 12.0 Å². The number of carbonyl (C=O) groups is 2. The summed E-state index contributed by atoms with van der Waals surface area (Å²) in [6.45, 7) is 12.4. The molecule has 1 N–H and O–H groups in total. The van der Waals surface area contributed by atoms with Crippen LogP contribution in [0, 0.1) is 17.3 Å². The molecule has 0 aromatic heterocycles. The van der Waals surface area contributed by atoms with E-state index in [4.69, 9.17) is 0 Å². The molecule has 0 aromatic rings. The van der Waals surface area contributed by atoms with Gasteiger partial charge in [-0.15, -0.1) is 0 Å². The molecule has 1 heterocycles. The first-order valence-electron chi connectivity index (χ1n) is 7.97. The molecule has 0 saturated carbocycles. The van der Waals surface area contributed by atoms with Crippen molar-refractivity contribution in [1.29, 1.82) is 0 Å². The Morgan fingerprint density at radius 2 is 2.00 bits per heavy atom. The lowest BCUT2D eigenvalue weighted by Crippen LogP contribution is -2.51. The number of piperidine rings is 1. The number of carboxylic acids is 1. The van der Waals surface area contributed by atoms with Gasteiger partial charge in [-0.2, -0.15) is 0 Å². The number of nitrogens with zero attached hydrogens (tertiary/aromatic N) is 2. The van der Waals surface area contributed by atoms with Gasteiger partial charge in [-0.1, -0.05) is 13.8 Å². The standard InChI is InChI=1S/C16H30N2O3/c1-6-17(10-12(2)3)15(21)18-9-7-8-13(11-18)16(4,5)14(19)20/h12-13H,6-11H2,1-5H3,(H,19,20). The van der Waals surface area contributed by atoms with Gasteiger partial charge in [-0.25, -0.2) is 4.79 Å². The third-order valence-corrected chi connectivity index (χ3v) is 4.50. The van der Waals surface area contributed by atoms with E-state index in [9.17, 15) is 14.7 Å². The summed E-state index contributed by atoms with van der Waals surface area (Å²) >= 11 is 0. The zero-order valence-corrected chi connectivity index (χ0v) is 14.1. The quantitative estimate of drug-likeness (QED) is 0.849. The average molecular weight is 298 g/mol. The number of likely N-dealkylation sites (tertiary alicyclic amines) is 1. The predicted octanol–water partition coefficient (Wildman–Crippen LogP) is 2.91. The van der Waals surface area contributed by atoms with Crippen molar-refractivity contribution in [3.8, 4) is 0 Å². The van der Waals surface area contributed by atoms with Gasteiger partial charge in [-0.3, -0.25) is 4.79 Å². The molecule has 21 heavy (non-hydrogen) atoms. The van der Waals surface area contributed by atoms with Crippen molar-refractivity contribution in [2.75, 3.05) is 26.2 Å². The van der Waals surface area contributed by atoms with Crippen LogP contribution in [-0.4, -0.2) is 53.1 Å². The first kappa shape index (κ1) is 17.8. The molecule has 122 valence electrons. The molecule has 0 aromatic carbocycles. The zero-order chi connectivity index (χ0) is 16.2. The number of aliphatic carboxylic acids is 1. The molecular formula is C16H30N2O3. The van der Waals surface area contributed by atoms with Crippen LogP contribution in [0.4, 0.5) is 4.79 Å². The molecule has 1 fully saturated rings. The Morgan fingerprint density at radius 3 is 2.48 bits per heavy atom. The third-order valence-electron chi connectivity index (χ3n) is 4.50. The van der Waals surface area contributed by atoms with E-state index in [0.29, 0.717) is 19.0 Å². The highest BCUT2D eigenvalue weighted by Gasteiger charge is 2.40. The summed E-state index contributed by atoms with van der Waals surface area (Å²) in [6, 6.07) is 0.0529. The molecule has 1 unspecified atom stereocenters. The van der Waals surface area contributed by atoms with Crippen LogP contribution in [0.2, 0.25) is 0 Å². The Bertz CT molecular complexity index is 380. The van der Waals surface area contributed by atoms with E-state index in [1.807, 2.05) is 16.7 Å². The molecule has 1 aliphatic rings. The van der Waals surface area contributed by atoms with Gasteiger partial charge in [0.25, 0.3) is 0 Å². The second-order valence-electron chi connectivity index (χ2n) is 7.03. The third kappa shape index (κ3) is 4.35. The largest absolute Gasteiger partial charge is 0.481 e. The number of hydrogen-bond donors (Lipinski definition) is 1. The van der Waals surface area contributed by atoms with Crippen LogP contribution in [-0.2, 0) is 4.79 Å². The molecule has 1 atom stereocenters. The molecule has 5 heteroatoms. The summed E-state index contributed by atoms with van der Waals surface area (Å²) in [5.74, 6) is -0.327. The maximum Gasteiger partial charge on any atom is 0.320 e. The van der Waals surface area contributed by atoms with Crippen LogP contribution in [0.1, 0.15) is 47.5 Å². The van der Waals surface area contributed by atoms with Crippen molar-refractivity contribution in [3.63, 3.8) is 0 Å². The highest BCUT2D eigenvalue weighted by atomic mass is 16.4. The summed E-state index contributed by atoms with van der Waals surface area (Å²) in [5, 5.41) is 9.38. The molecule has 1 saturated heterocycles. The predicted molar refractivity (Wildman–Crippen MR) is 83.2 cm³/mol. The molecular weight excluding hydrogens is 268 g/mol. The highest BCUT2D eigenvalue weighted by Crippen LogP contribution is 2.34. The minimum absolute atomic E-state index is 0.0189. The van der Waals surface area contributed by atoms with Crippen LogP contribution < -0.4 is 0 Å². The van der Waals surface area contributed by atoms with Crippen LogP contribution in [0.15, 0.2) is 0 Å². The van der Waals surface area contributed by atoms with E-state index in [0.717, 1.165) is 25.9 Å². The van der Waals surface area contributed by atoms with E-state index < -0.39 is 11.4 Å². The fourth-order valence-corrected chi connectivity index (χ4v) is 2.90. The molecule has 0 bridgehead atoms. The minimum atomic E-state index is -0.784. The van der Waals surface area contributed by atoms with Gasteiger partial charge in [0.1, 0.15) is 0 Å². The van der Waals surface area contributed by atoms with Crippen LogP contribution in [0.3, 0.4) is 0 Å². The van der Waals surface area contributed by atoms with Crippen molar-refractivity contribution in [2.45, 2.75) is 47.5 Å². The molecule has 0 radical (unpaired) electrons. The normalized spacial score (nSPS) is 19.7. The average Bonchev–Trinajstić information content (AvgIpc) is 2.43. The lowest BCUT2D eigenvalue weighted by atomic mass is 9.74. The molecule has 1 rings (SSSR count). The smallest absolute Gasteiger partial charge is 0.320 e. The SMILES string of the molecule is CCN(CC(C)C)C(=O)N1CCCC(C(C)(C)C(=O)O)C1. The second kappa shape index (κ2) is 7.14. The second-order valence-corrected chi connectivity index (χ2v) is 7.03. The van der Waals surface area contributed by atoms with Gasteiger partial charge in [-0.05, 0) is 45.4 Å². The molecule has 1 aliphatic heterocycles. The fraction of sp³-hybridized carbons (Fsp3) is 0.875. The number of urea groups is 1. The van der Waals surface area contributed by atoms with Crippen LogP contribution >= 0.6 is 0 Å². The van der Waals surface area contributed by atoms with E-state index in [1.54, 1.807) is 13.8 Å². The van der Waals surface area contributed by atoms with Crippen molar-refractivity contribution in [1.82, 2.24) is 9.80 Å². The maximum atomic E-state index is 12.6. The van der Waals surface area contributed by atoms with Gasteiger partial charge in [0.2, 0.25) is 0 Å². The van der Waals surface area contributed by atoms with Gasteiger partial charge in [0.05, 0.1) is 5.41 Å². The molecule has 2 amide bonds. The topological polar surface area (TPSA) is 60.9 Å². The molecule has 5 nitrogen and oxygen atoms in total. The van der Waals surface area contributed by atoms with Gasteiger partial charge < -0.3 is 14.9 Å². The summed E-state index contributed by atoms with van der Waals surface area (Å²) < 4.78 is 0. The lowest BCUT2D eigenvalue weighted by Gasteiger charge is -2.41. The fourth-order valence-electron chi connectivity index (χ4n) is 2.90.